The summed E-state index contributed by atoms with van der Waals surface area (Å²) in [4.78, 5) is 23.7. The van der Waals surface area contributed by atoms with E-state index in [0.717, 1.165) is 16.8 Å². The number of aryl methyl sites for hydroxylation is 1. The van der Waals surface area contributed by atoms with Crippen molar-refractivity contribution in [3.63, 3.8) is 0 Å². The first-order valence-corrected chi connectivity index (χ1v) is 8.38. The molecule has 0 atom stereocenters. The summed E-state index contributed by atoms with van der Waals surface area (Å²) in [5.74, 6) is 0.115. The highest BCUT2D eigenvalue weighted by Gasteiger charge is 2.05. The van der Waals surface area contributed by atoms with E-state index >= 15 is 0 Å². The van der Waals surface area contributed by atoms with E-state index in [1.807, 2.05) is 45.0 Å². The van der Waals surface area contributed by atoms with Gasteiger partial charge in [0, 0.05) is 23.9 Å². The maximum Gasteiger partial charge on any atom is 0.248 e. The predicted molar refractivity (Wildman–Crippen MR) is 103 cm³/mol. The summed E-state index contributed by atoms with van der Waals surface area (Å²) < 4.78 is 0. The number of carbonyl (C=O) groups excluding carboxylic acids is 2. The Hall–Kier alpha value is -2.88. The number of benzene rings is 2. The molecule has 0 unspecified atom stereocenters. The third kappa shape index (κ3) is 6.63. The molecule has 2 aromatic carbocycles. The normalized spacial score (nSPS) is 10.9. The molecule has 2 aromatic rings. The Balaban J connectivity index is 1.90. The Morgan fingerprint density at radius 2 is 1.64 bits per heavy atom. The molecule has 130 valence electrons. The Labute approximate surface area is 149 Å². The van der Waals surface area contributed by atoms with E-state index in [0.29, 0.717) is 18.0 Å². The van der Waals surface area contributed by atoms with E-state index in [1.54, 1.807) is 30.3 Å². The fourth-order valence-corrected chi connectivity index (χ4v) is 2.35. The van der Waals surface area contributed by atoms with Gasteiger partial charge in [-0.2, -0.15) is 0 Å². The van der Waals surface area contributed by atoms with Gasteiger partial charge in [0.15, 0.2) is 0 Å². The van der Waals surface area contributed by atoms with Gasteiger partial charge in [0.1, 0.15) is 0 Å². The van der Waals surface area contributed by atoms with Gasteiger partial charge in [-0.25, -0.2) is 0 Å². The van der Waals surface area contributed by atoms with Crippen LogP contribution in [-0.4, -0.2) is 11.8 Å². The van der Waals surface area contributed by atoms with Crippen molar-refractivity contribution >= 4 is 29.3 Å². The lowest BCUT2D eigenvalue weighted by Crippen LogP contribution is -2.14. The van der Waals surface area contributed by atoms with Crippen molar-refractivity contribution in [3.8, 4) is 0 Å². The van der Waals surface area contributed by atoms with Crippen LogP contribution in [-0.2, 0) is 9.59 Å². The number of hydrogen-bond donors (Lipinski definition) is 2. The molecule has 2 rings (SSSR count). The van der Waals surface area contributed by atoms with Gasteiger partial charge < -0.3 is 10.6 Å². The lowest BCUT2D eigenvalue weighted by atomic mass is 10.1. The first-order chi connectivity index (χ1) is 11.9. The fraction of sp³-hybridized carbons (Fsp3) is 0.238. The third-order valence-electron chi connectivity index (χ3n) is 3.50. The molecule has 2 N–H and O–H groups in total. The van der Waals surface area contributed by atoms with E-state index in [-0.39, 0.29) is 11.8 Å². The van der Waals surface area contributed by atoms with E-state index in [9.17, 15) is 9.59 Å². The molecule has 0 aromatic heterocycles. The van der Waals surface area contributed by atoms with Gasteiger partial charge in [-0.05, 0) is 48.7 Å². The minimum absolute atomic E-state index is 0.00660. The van der Waals surface area contributed by atoms with Crippen molar-refractivity contribution in [2.45, 2.75) is 27.2 Å². The van der Waals surface area contributed by atoms with Gasteiger partial charge in [-0.1, -0.05) is 43.7 Å². The molecule has 0 bridgehead atoms. The highest BCUT2D eigenvalue weighted by Crippen LogP contribution is 2.15. The molecular weight excluding hydrogens is 312 g/mol. The van der Waals surface area contributed by atoms with Gasteiger partial charge in [0.05, 0.1) is 0 Å². The summed E-state index contributed by atoms with van der Waals surface area (Å²) in [6, 6.07) is 15.0. The second kappa shape index (κ2) is 8.83. The second-order valence-corrected chi connectivity index (χ2v) is 6.46. The zero-order valence-electron chi connectivity index (χ0n) is 14.9. The molecule has 4 heteroatoms. The summed E-state index contributed by atoms with van der Waals surface area (Å²) in [5.41, 5.74) is 3.54. The first kappa shape index (κ1) is 18.5. The van der Waals surface area contributed by atoms with Gasteiger partial charge in [-0.15, -0.1) is 0 Å². The Bertz CT molecular complexity index is 762. The van der Waals surface area contributed by atoms with Crippen molar-refractivity contribution < 1.29 is 9.59 Å². The summed E-state index contributed by atoms with van der Waals surface area (Å²) in [7, 11) is 0. The van der Waals surface area contributed by atoms with Crippen LogP contribution in [0, 0.1) is 12.8 Å². The molecule has 2 amide bonds. The van der Waals surface area contributed by atoms with Crippen LogP contribution in [0.5, 0.6) is 0 Å². The monoisotopic (exact) mass is 336 g/mol. The molecule has 0 radical (unpaired) electrons. The largest absolute Gasteiger partial charge is 0.326 e. The van der Waals surface area contributed by atoms with Gasteiger partial charge in [0.25, 0.3) is 0 Å². The average Bonchev–Trinajstić information content (AvgIpc) is 2.54. The zero-order chi connectivity index (χ0) is 18.2. The van der Waals surface area contributed by atoms with Crippen LogP contribution in [0.4, 0.5) is 11.4 Å². The maximum atomic E-state index is 12.0. The van der Waals surface area contributed by atoms with Crippen LogP contribution >= 0.6 is 0 Å². The fourth-order valence-electron chi connectivity index (χ4n) is 2.35. The SMILES string of the molecule is Cc1cccc(/C=C/C(=O)Nc2ccc(NC(=O)CC(C)C)cc2)c1. The highest BCUT2D eigenvalue weighted by atomic mass is 16.2. The Morgan fingerprint density at radius 3 is 2.24 bits per heavy atom. The third-order valence-corrected chi connectivity index (χ3v) is 3.50. The first-order valence-electron chi connectivity index (χ1n) is 8.38. The van der Waals surface area contributed by atoms with Crippen molar-refractivity contribution in [2.24, 2.45) is 5.92 Å². The van der Waals surface area contributed by atoms with Crippen LogP contribution in [0.3, 0.4) is 0 Å². The second-order valence-electron chi connectivity index (χ2n) is 6.46. The molecule has 0 saturated heterocycles. The molecule has 0 fully saturated rings. The smallest absolute Gasteiger partial charge is 0.248 e. The molecule has 4 nitrogen and oxygen atoms in total. The van der Waals surface area contributed by atoms with E-state index in [4.69, 9.17) is 0 Å². The molecule has 25 heavy (non-hydrogen) atoms. The van der Waals surface area contributed by atoms with E-state index in [2.05, 4.69) is 10.6 Å². The molecule has 0 heterocycles. The lowest BCUT2D eigenvalue weighted by molar-refractivity contribution is -0.117. The van der Waals surface area contributed by atoms with E-state index in [1.165, 1.54) is 6.08 Å². The average molecular weight is 336 g/mol. The predicted octanol–water partition coefficient (Wildman–Crippen LogP) is 4.63. The van der Waals surface area contributed by atoms with Crippen molar-refractivity contribution in [3.05, 3.63) is 65.7 Å². The summed E-state index contributed by atoms with van der Waals surface area (Å²) >= 11 is 0. The molecule has 0 saturated carbocycles. The van der Waals surface area contributed by atoms with Crippen LogP contribution in [0.1, 0.15) is 31.4 Å². The maximum absolute atomic E-state index is 12.0. The van der Waals surface area contributed by atoms with Gasteiger partial charge in [0.2, 0.25) is 11.8 Å². The minimum Gasteiger partial charge on any atom is -0.326 e. The van der Waals surface area contributed by atoms with Crippen LogP contribution in [0.25, 0.3) is 6.08 Å². The van der Waals surface area contributed by atoms with Crippen molar-refractivity contribution in [2.75, 3.05) is 10.6 Å². The minimum atomic E-state index is -0.196. The number of nitrogens with one attached hydrogen (secondary N) is 2. The van der Waals surface area contributed by atoms with Crippen molar-refractivity contribution in [1.29, 1.82) is 0 Å². The molecule has 0 aliphatic heterocycles. The topological polar surface area (TPSA) is 58.2 Å². The molecular formula is C21H24N2O2. The van der Waals surface area contributed by atoms with Crippen LogP contribution in [0.2, 0.25) is 0 Å². The number of carbonyl (C=O) groups is 2. The number of amides is 2. The van der Waals surface area contributed by atoms with Crippen LogP contribution in [0.15, 0.2) is 54.6 Å². The molecule has 0 aliphatic carbocycles. The van der Waals surface area contributed by atoms with Gasteiger partial charge >= 0.3 is 0 Å². The summed E-state index contributed by atoms with van der Waals surface area (Å²) in [6.07, 6.45) is 3.78. The molecule has 0 aliphatic rings. The number of rotatable bonds is 6. The zero-order valence-corrected chi connectivity index (χ0v) is 14.9. The Kier molecular flexibility index (Phi) is 6.52. The number of anilines is 2. The number of hydrogen-bond acceptors (Lipinski definition) is 2. The standard InChI is InChI=1S/C21H24N2O2/c1-15(2)13-21(25)23-19-10-8-18(9-11-19)22-20(24)12-7-17-6-4-5-16(3)14-17/h4-12,14-15H,13H2,1-3H3,(H,22,24)(H,23,25)/b12-7+. The molecule has 0 spiro atoms. The van der Waals surface area contributed by atoms with Crippen molar-refractivity contribution in [1.82, 2.24) is 0 Å². The quantitative estimate of drug-likeness (QED) is 0.756. The summed E-state index contributed by atoms with van der Waals surface area (Å²) in [5, 5.41) is 5.64. The lowest BCUT2D eigenvalue weighted by Gasteiger charge is -2.08. The Morgan fingerprint density at radius 1 is 1.00 bits per heavy atom. The van der Waals surface area contributed by atoms with Gasteiger partial charge in [-0.3, -0.25) is 9.59 Å². The van der Waals surface area contributed by atoms with E-state index < -0.39 is 0 Å². The van der Waals surface area contributed by atoms with Crippen LogP contribution < -0.4 is 10.6 Å². The highest BCUT2D eigenvalue weighted by molar-refractivity contribution is 6.02. The summed E-state index contributed by atoms with van der Waals surface area (Å²) in [6.45, 7) is 6.02.